The Kier molecular flexibility index (Phi) is 4.26. The number of fused-ring (bicyclic) bond motifs is 1. The molecule has 1 saturated carbocycles. The van der Waals surface area contributed by atoms with E-state index in [1.807, 2.05) is 17.0 Å². The lowest BCUT2D eigenvalue weighted by atomic mass is 9.93. The molecule has 1 fully saturated rings. The number of carbonyl (C=O) groups is 2. The van der Waals surface area contributed by atoms with E-state index in [1.165, 1.54) is 17.4 Å². The van der Waals surface area contributed by atoms with Crippen LogP contribution in [-0.2, 0) is 24.3 Å². The van der Waals surface area contributed by atoms with Gasteiger partial charge in [-0.2, -0.15) is 0 Å². The average molecular weight is 339 g/mol. The van der Waals surface area contributed by atoms with Crippen molar-refractivity contribution in [3.05, 3.63) is 53.2 Å². The maximum absolute atomic E-state index is 12.4. The first-order valence-corrected chi connectivity index (χ1v) is 8.79. The highest BCUT2D eigenvalue weighted by molar-refractivity contribution is 5.92. The van der Waals surface area contributed by atoms with Crippen LogP contribution in [0.1, 0.15) is 53.2 Å². The van der Waals surface area contributed by atoms with Crippen molar-refractivity contribution in [2.45, 2.75) is 51.2 Å². The number of amides is 2. The first kappa shape index (κ1) is 15.9. The Bertz CT molecular complexity index is 770. The minimum absolute atomic E-state index is 0.0786. The van der Waals surface area contributed by atoms with E-state index >= 15 is 0 Å². The molecule has 1 N–H and O–H groups in total. The molecule has 2 aromatic rings. The van der Waals surface area contributed by atoms with Gasteiger partial charge in [0.1, 0.15) is 6.26 Å². The molecule has 1 aromatic heterocycles. The Balaban J connectivity index is 1.28. The highest BCUT2D eigenvalue weighted by Crippen LogP contribution is 2.23. The van der Waals surface area contributed by atoms with E-state index in [2.05, 4.69) is 22.4 Å². The molecule has 0 unspecified atom stereocenters. The predicted molar refractivity (Wildman–Crippen MR) is 90.6 cm³/mol. The summed E-state index contributed by atoms with van der Waals surface area (Å²) in [5.41, 5.74) is 2.71. The number of benzene rings is 1. The Morgan fingerprint density at radius 3 is 2.56 bits per heavy atom. The average Bonchev–Trinajstić information content (AvgIpc) is 3.22. The number of nitrogens with one attached hydrogen (secondary N) is 1. The fraction of sp³-hybridized carbons (Fsp3) is 0.421. The number of nitrogens with zero attached hydrogens (tertiary/aromatic N) is 2. The molecule has 1 aliphatic heterocycles. The van der Waals surface area contributed by atoms with Gasteiger partial charge in [-0.15, -0.1) is 0 Å². The van der Waals surface area contributed by atoms with Crippen molar-refractivity contribution >= 4 is 11.8 Å². The molecule has 4 rings (SSSR count). The van der Waals surface area contributed by atoms with Crippen LogP contribution in [0.2, 0.25) is 0 Å². The second-order valence-corrected chi connectivity index (χ2v) is 6.75. The van der Waals surface area contributed by atoms with Gasteiger partial charge >= 0.3 is 0 Å². The fourth-order valence-corrected chi connectivity index (χ4v) is 3.22. The lowest BCUT2D eigenvalue weighted by Crippen LogP contribution is -2.39. The van der Waals surface area contributed by atoms with Gasteiger partial charge in [-0.1, -0.05) is 24.3 Å². The number of aryl methyl sites for hydroxylation is 1. The minimum Gasteiger partial charge on any atom is -0.448 e. The van der Waals surface area contributed by atoms with Crippen LogP contribution in [0, 0.1) is 0 Å². The van der Waals surface area contributed by atoms with Gasteiger partial charge in [0.05, 0.1) is 0 Å². The van der Waals surface area contributed by atoms with Gasteiger partial charge in [-0.05, 0) is 30.4 Å². The summed E-state index contributed by atoms with van der Waals surface area (Å²) in [6, 6.07) is 8.38. The molecule has 2 amide bonds. The van der Waals surface area contributed by atoms with Crippen molar-refractivity contribution < 1.29 is 14.0 Å². The van der Waals surface area contributed by atoms with Crippen LogP contribution in [-0.4, -0.2) is 27.7 Å². The van der Waals surface area contributed by atoms with Crippen molar-refractivity contribution in [2.75, 3.05) is 0 Å². The molecule has 2 heterocycles. The number of hydrogen-bond acceptors (Lipinski definition) is 4. The highest BCUT2D eigenvalue weighted by Gasteiger charge is 2.24. The lowest BCUT2D eigenvalue weighted by molar-refractivity contribution is -0.131. The summed E-state index contributed by atoms with van der Waals surface area (Å²) in [5.74, 6) is 0.319. The van der Waals surface area contributed by atoms with Crippen LogP contribution >= 0.6 is 0 Å². The van der Waals surface area contributed by atoms with E-state index in [9.17, 15) is 9.59 Å². The van der Waals surface area contributed by atoms with E-state index < -0.39 is 0 Å². The zero-order chi connectivity index (χ0) is 17.2. The third-order valence-corrected chi connectivity index (χ3v) is 4.97. The topological polar surface area (TPSA) is 75.4 Å². The van der Waals surface area contributed by atoms with Crippen molar-refractivity contribution in [3.8, 4) is 0 Å². The summed E-state index contributed by atoms with van der Waals surface area (Å²) in [6.07, 6.45) is 5.34. The molecule has 2 aliphatic rings. The SMILES string of the molecule is O=C(NC1CCC1)c1coc(CCC(=O)N2Cc3ccccc3C2)n1. The van der Waals surface area contributed by atoms with Gasteiger partial charge in [-0.25, -0.2) is 4.98 Å². The summed E-state index contributed by atoms with van der Waals surface area (Å²) < 4.78 is 5.35. The zero-order valence-electron chi connectivity index (χ0n) is 14.0. The van der Waals surface area contributed by atoms with Crippen LogP contribution in [0.4, 0.5) is 0 Å². The smallest absolute Gasteiger partial charge is 0.273 e. The molecular formula is C19H21N3O3. The van der Waals surface area contributed by atoms with Gasteiger partial charge in [-0.3, -0.25) is 9.59 Å². The van der Waals surface area contributed by atoms with Gasteiger partial charge in [0.25, 0.3) is 5.91 Å². The Morgan fingerprint density at radius 2 is 1.92 bits per heavy atom. The molecule has 0 spiro atoms. The first-order valence-electron chi connectivity index (χ1n) is 8.79. The van der Waals surface area contributed by atoms with Crippen molar-refractivity contribution in [1.82, 2.24) is 15.2 Å². The zero-order valence-corrected chi connectivity index (χ0v) is 14.0. The molecule has 0 bridgehead atoms. The van der Waals surface area contributed by atoms with Gasteiger partial charge in [0.2, 0.25) is 5.91 Å². The molecular weight excluding hydrogens is 318 g/mol. The molecule has 130 valence electrons. The number of hydrogen-bond donors (Lipinski definition) is 1. The fourth-order valence-electron chi connectivity index (χ4n) is 3.22. The molecule has 6 heteroatoms. The second kappa shape index (κ2) is 6.70. The van der Waals surface area contributed by atoms with Crippen molar-refractivity contribution in [2.24, 2.45) is 0 Å². The number of oxazole rings is 1. The predicted octanol–water partition coefficient (Wildman–Crippen LogP) is 2.43. The third-order valence-electron chi connectivity index (χ3n) is 4.97. The van der Waals surface area contributed by atoms with Gasteiger partial charge in [0, 0.05) is 32.0 Å². The standard InChI is InChI=1S/C19H21N3O3/c23-18(22-10-13-4-1-2-5-14(13)11-22)9-8-17-21-16(12-25-17)19(24)20-15-6-3-7-15/h1-2,4-5,12,15H,3,6-11H2,(H,20,24). The Labute approximate surface area is 146 Å². The maximum atomic E-state index is 12.4. The van der Waals surface area contributed by atoms with Crippen LogP contribution < -0.4 is 5.32 Å². The van der Waals surface area contributed by atoms with Gasteiger partial charge in [0.15, 0.2) is 11.6 Å². The maximum Gasteiger partial charge on any atom is 0.273 e. The van der Waals surface area contributed by atoms with Gasteiger partial charge < -0.3 is 14.6 Å². The third kappa shape index (κ3) is 3.43. The number of rotatable bonds is 5. The van der Waals surface area contributed by atoms with Crippen molar-refractivity contribution in [1.29, 1.82) is 0 Å². The summed E-state index contributed by atoms with van der Waals surface area (Å²) in [4.78, 5) is 30.5. The molecule has 1 aromatic carbocycles. The molecule has 6 nitrogen and oxygen atoms in total. The van der Waals surface area contributed by atoms with Crippen LogP contribution in [0.5, 0.6) is 0 Å². The molecule has 0 saturated heterocycles. The molecule has 25 heavy (non-hydrogen) atoms. The van der Waals surface area contributed by atoms with Crippen molar-refractivity contribution in [3.63, 3.8) is 0 Å². The molecule has 0 radical (unpaired) electrons. The number of aromatic nitrogens is 1. The second-order valence-electron chi connectivity index (χ2n) is 6.75. The van der Waals surface area contributed by atoms with E-state index in [0.717, 1.165) is 19.3 Å². The van der Waals surface area contributed by atoms with Crippen LogP contribution in [0.25, 0.3) is 0 Å². The minimum atomic E-state index is -0.194. The summed E-state index contributed by atoms with van der Waals surface area (Å²) in [6.45, 7) is 1.32. The van der Waals surface area contributed by atoms with E-state index in [0.29, 0.717) is 37.5 Å². The normalized spacial score (nSPS) is 16.4. The summed E-state index contributed by atoms with van der Waals surface area (Å²) in [5, 5.41) is 2.93. The lowest BCUT2D eigenvalue weighted by Gasteiger charge is -2.25. The quantitative estimate of drug-likeness (QED) is 0.908. The molecule has 1 aliphatic carbocycles. The Morgan fingerprint density at radius 1 is 1.20 bits per heavy atom. The van der Waals surface area contributed by atoms with Crippen LogP contribution in [0.15, 0.2) is 34.9 Å². The largest absolute Gasteiger partial charge is 0.448 e. The summed E-state index contributed by atoms with van der Waals surface area (Å²) >= 11 is 0. The van der Waals surface area contributed by atoms with E-state index in [1.54, 1.807) is 0 Å². The Hall–Kier alpha value is -2.63. The monoisotopic (exact) mass is 339 g/mol. The van der Waals surface area contributed by atoms with Crippen LogP contribution in [0.3, 0.4) is 0 Å². The molecule has 0 atom stereocenters. The first-order chi connectivity index (χ1) is 12.2. The van der Waals surface area contributed by atoms with E-state index in [-0.39, 0.29) is 17.9 Å². The van der Waals surface area contributed by atoms with E-state index in [4.69, 9.17) is 4.42 Å². The summed E-state index contributed by atoms with van der Waals surface area (Å²) in [7, 11) is 0. The number of carbonyl (C=O) groups excluding carboxylic acids is 2. The highest BCUT2D eigenvalue weighted by atomic mass is 16.3.